The van der Waals surface area contributed by atoms with Crippen LogP contribution >= 0.6 is 11.3 Å². The molecule has 0 aliphatic heterocycles. The molecule has 13 heteroatoms. The summed E-state index contributed by atoms with van der Waals surface area (Å²) < 4.78 is 4.92. The fourth-order valence-corrected chi connectivity index (χ4v) is 3.48. The van der Waals surface area contributed by atoms with E-state index in [1.165, 1.54) is 6.92 Å². The van der Waals surface area contributed by atoms with E-state index in [9.17, 15) is 29.9 Å². The number of nitro groups is 1. The van der Waals surface area contributed by atoms with Gasteiger partial charge in [0.2, 0.25) is 5.91 Å². The minimum atomic E-state index is -0.758. The summed E-state index contributed by atoms with van der Waals surface area (Å²) in [6.07, 6.45) is 0. The Morgan fingerprint density at radius 1 is 1.22 bits per heavy atom. The number of anilines is 2. The molecule has 0 bridgehead atoms. The Hall–Kier alpha value is -3.42. The molecule has 0 aliphatic rings. The minimum absolute atomic E-state index is 0.00445. The number of carbonyl (C=O) groups excluding carboxylic acids is 2. The molecule has 12 nitrogen and oxygen atoms in total. The standard InChI is InChI=1S/C19H23N5O7S/c1-3-31-19(28)14-11-17(24(29)30)32-18(14)22-21-15-5-4-13(10-16(15)20-12(2)27)23(6-8-25)7-9-26/h4-5,10-11,25-26H,3,6-9H2,1-2H3,(H,20,27). The van der Waals surface area contributed by atoms with Crippen LogP contribution in [0.2, 0.25) is 0 Å². The first kappa shape index (κ1) is 24.8. The SMILES string of the molecule is CCOC(=O)c1cc([N+](=O)[O-])sc1N=Nc1ccc(N(CCO)CCO)cc1NC(C)=O. The fourth-order valence-electron chi connectivity index (χ4n) is 2.70. The molecule has 1 amide bonds. The van der Waals surface area contributed by atoms with E-state index in [0.29, 0.717) is 22.7 Å². The number of carbonyl (C=O) groups is 2. The van der Waals surface area contributed by atoms with Crippen LogP contribution in [0, 0.1) is 10.1 Å². The molecule has 2 aromatic rings. The van der Waals surface area contributed by atoms with E-state index in [4.69, 9.17) is 4.74 Å². The zero-order chi connectivity index (χ0) is 23.7. The lowest BCUT2D eigenvalue weighted by atomic mass is 10.2. The molecule has 0 radical (unpaired) electrons. The predicted molar refractivity (Wildman–Crippen MR) is 118 cm³/mol. The molecule has 0 fully saturated rings. The topological polar surface area (TPSA) is 167 Å². The minimum Gasteiger partial charge on any atom is -0.462 e. The van der Waals surface area contributed by atoms with Crippen LogP contribution in [-0.2, 0) is 9.53 Å². The quantitative estimate of drug-likeness (QED) is 0.197. The van der Waals surface area contributed by atoms with Gasteiger partial charge in [0.15, 0.2) is 5.00 Å². The first-order chi connectivity index (χ1) is 15.3. The summed E-state index contributed by atoms with van der Waals surface area (Å²) in [6.45, 7) is 3.28. The van der Waals surface area contributed by atoms with Crippen LogP contribution in [0.5, 0.6) is 0 Å². The number of benzene rings is 1. The van der Waals surface area contributed by atoms with Crippen LogP contribution in [0.1, 0.15) is 24.2 Å². The number of azo groups is 1. The highest BCUT2D eigenvalue weighted by Gasteiger charge is 2.23. The Labute approximate surface area is 187 Å². The van der Waals surface area contributed by atoms with Gasteiger partial charge in [0.25, 0.3) is 0 Å². The van der Waals surface area contributed by atoms with Crippen molar-refractivity contribution in [3.63, 3.8) is 0 Å². The van der Waals surface area contributed by atoms with Crippen LogP contribution < -0.4 is 10.2 Å². The van der Waals surface area contributed by atoms with Crippen LogP contribution in [0.15, 0.2) is 34.5 Å². The van der Waals surface area contributed by atoms with Crippen LogP contribution in [-0.4, -0.2) is 59.9 Å². The number of rotatable bonds is 11. The number of hydrogen-bond acceptors (Lipinski definition) is 11. The molecule has 3 N–H and O–H groups in total. The van der Waals surface area contributed by atoms with Gasteiger partial charge in [0, 0.05) is 31.8 Å². The maximum absolute atomic E-state index is 12.1. The van der Waals surface area contributed by atoms with Crippen molar-refractivity contribution in [2.45, 2.75) is 13.8 Å². The van der Waals surface area contributed by atoms with Crippen LogP contribution in [0.3, 0.4) is 0 Å². The third-order valence-corrected chi connectivity index (χ3v) is 4.99. The summed E-state index contributed by atoms with van der Waals surface area (Å²) in [5, 5.41) is 40.0. The van der Waals surface area contributed by atoms with E-state index < -0.39 is 10.9 Å². The second-order valence-electron chi connectivity index (χ2n) is 6.30. The van der Waals surface area contributed by atoms with Crippen molar-refractivity contribution in [2.24, 2.45) is 10.2 Å². The van der Waals surface area contributed by atoms with Gasteiger partial charge in [-0.3, -0.25) is 14.9 Å². The van der Waals surface area contributed by atoms with Gasteiger partial charge in [-0.25, -0.2) is 4.79 Å². The highest BCUT2D eigenvalue weighted by atomic mass is 32.1. The summed E-state index contributed by atoms with van der Waals surface area (Å²) >= 11 is 0.671. The van der Waals surface area contributed by atoms with E-state index in [0.717, 1.165) is 6.07 Å². The van der Waals surface area contributed by atoms with E-state index >= 15 is 0 Å². The largest absolute Gasteiger partial charge is 0.462 e. The zero-order valence-electron chi connectivity index (χ0n) is 17.5. The maximum atomic E-state index is 12.1. The number of amides is 1. The molecule has 0 saturated heterocycles. The Morgan fingerprint density at radius 3 is 2.47 bits per heavy atom. The Morgan fingerprint density at radius 2 is 1.91 bits per heavy atom. The van der Waals surface area contributed by atoms with Crippen molar-refractivity contribution in [3.05, 3.63) is 39.9 Å². The molecule has 1 heterocycles. The lowest BCUT2D eigenvalue weighted by Crippen LogP contribution is -2.29. The van der Waals surface area contributed by atoms with Gasteiger partial charge in [-0.15, -0.1) is 10.2 Å². The van der Waals surface area contributed by atoms with Crippen molar-refractivity contribution in [1.82, 2.24) is 0 Å². The molecule has 0 saturated carbocycles. The molecule has 172 valence electrons. The zero-order valence-corrected chi connectivity index (χ0v) is 18.3. The molecule has 1 aromatic carbocycles. The van der Waals surface area contributed by atoms with Gasteiger partial charge < -0.3 is 25.2 Å². The van der Waals surface area contributed by atoms with Gasteiger partial charge in [-0.1, -0.05) is 0 Å². The highest BCUT2D eigenvalue weighted by Crippen LogP contribution is 2.38. The van der Waals surface area contributed by atoms with Crippen LogP contribution in [0.4, 0.5) is 27.1 Å². The number of nitrogens with one attached hydrogen (secondary N) is 1. The number of esters is 1. The number of aliphatic hydroxyl groups is 2. The summed E-state index contributed by atoms with van der Waals surface area (Å²) in [5.74, 6) is -1.12. The third-order valence-electron chi connectivity index (χ3n) is 4.02. The fraction of sp³-hybridized carbons (Fsp3) is 0.368. The van der Waals surface area contributed by atoms with Crippen molar-refractivity contribution in [2.75, 3.05) is 43.1 Å². The van der Waals surface area contributed by atoms with E-state index in [-0.39, 0.29) is 60.1 Å². The summed E-state index contributed by atoms with van der Waals surface area (Å²) in [7, 11) is 0. The molecule has 1 aromatic heterocycles. The summed E-state index contributed by atoms with van der Waals surface area (Å²) in [4.78, 5) is 36.0. The molecular weight excluding hydrogens is 442 g/mol. The molecule has 32 heavy (non-hydrogen) atoms. The van der Waals surface area contributed by atoms with E-state index in [2.05, 4.69) is 15.5 Å². The van der Waals surface area contributed by atoms with Crippen molar-refractivity contribution >= 4 is 50.3 Å². The normalized spacial score (nSPS) is 10.9. The first-order valence-corrected chi connectivity index (χ1v) is 10.4. The Kier molecular flexibility index (Phi) is 9.19. The maximum Gasteiger partial charge on any atom is 0.341 e. The lowest BCUT2D eigenvalue weighted by molar-refractivity contribution is -0.380. The molecule has 0 spiro atoms. The van der Waals surface area contributed by atoms with Crippen molar-refractivity contribution < 1.29 is 29.5 Å². The molecule has 0 unspecified atom stereocenters. The van der Waals surface area contributed by atoms with Gasteiger partial charge >= 0.3 is 11.0 Å². The predicted octanol–water partition coefficient (Wildman–Crippen LogP) is 3.00. The van der Waals surface area contributed by atoms with E-state index in [1.54, 1.807) is 30.0 Å². The lowest BCUT2D eigenvalue weighted by Gasteiger charge is -2.23. The number of nitrogens with zero attached hydrogens (tertiary/aromatic N) is 4. The monoisotopic (exact) mass is 465 g/mol. The molecule has 0 aliphatic carbocycles. The smallest absolute Gasteiger partial charge is 0.341 e. The van der Waals surface area contributed by atoms with Gasteiger partial charge in [-0.2, -0.15) is 0 Å². The first-order valence-electron chi connectivity index (χ1n) is 9.56. The average molecular weight is 465 g/mol. The summed E-state index contributed by atoms with van der Waals surface area (Å²) in [5.41, 5.74) is 1.07. The van der Waals surface area contributed by atoms with Crippen molar-refractivity contribution in [3.8, 4) is 0 Å². The molecule has 2 rings (SSSR count). The molecular formula is C19H23N5O7S. The summed E-state index contributed by atoms with van der Waals surface area (Å²) in [6, 6.07) is 5.90. The number of thiophene rings is 1. The number of ether oxygens (including phenoxy) is 1. The Balaban J connectivity index is 2.45. The Bertz CT molecular complexity index is 1000. The number of aliphatic hydroxyl groups excluding tert-OH is 2. The van der Waals surface area contributed by atoms with E-state index in [1.807, 2.05) is 0 Å². The van der Waals surface area contributed by atoms with Crippen LogP contribution in [0.25, 0.3) is 0 Å². The molecule has 0 atom stereocenters. The third kappa shape index (κ3) is 6.54. The second kappa shape index (κ2) is 11.8. The van der Waals surface area contributed by atoms with Crippen molar-refractivity contribution in [1.29, 1.82) is 0 Å². The average Bonchev–Trinajstić information content (AvgIpc) is 3.17. The highest BCUT2D eigenvalue weighted by molar-refractivity contribution is 7.19. The number of hydrogen-bond donors (Lipinski definition) is 3. The van der Waals surface area contributed by atoms with Gasteiger partial charge in [-0.05, 0) is 36.5 Å². The van der Waals surface area contributed by atoms with Gasteiger partial charge in [0.1, 0.15) is 11.3 Å². The van der Waals surface area contributed by atoms with Gasteiger partial charge in [0.05, 0.1) is 30.4 Å². The second-order valence-corrected chi connectivity index (χ2v) is 7.31.